The topological polar surface area (TPSA) is 65.5 Å². The van der Waals surface area contributed by atoms with Crippen molar-refractivity contribution in [1.82, 2.24) is 4.98 Å². The van der Waals surface area contributed by atoms with Gasteiger partial charge in [-0.3, -0.25) is 0 Å². The van der Waals surface area contributed by atoms with Crippen molar-refractivity contribution < 1.29 is 19.1 Å². The average molecular weight is 237 g/mol. The number of esters is 2. The maximum Gasteiger partial charge on any atom is 0.356 e. The van der Waals surface area contributed by atoms with E-state index < -0.39 is 11.9 Å². The Morgan fingerprint density at radius 3 is 2.47 bits per heavy atom. The summed E-state index contributed by atoms with van der Waals surface area (Å²) >= 11 is 0. The lowest BCUT2D eigenvalue weighted by Gasteiger charge is -2.04. The SMILES string of the molecule is CCCCOC(=O)c1cccc(C(=O)OC)n1. The third-order valence-corrected chi connectivity index (χ3v) is 2.08. The first-order valence-electron chi connectivity index (χ1n) is 5.41. The number of aromatic nitrogens is 1. The molecule has 0 spiro atoms. The number of hydrogen-bond donors (Lipinski definition) is 0. The Bertz CT molecular complexity index is 403. The molecule has 0 N–H and O–H groups in total. The van der Waals surface area contributed by atoms with E-state index in [1.807, 2.05) is 6.92 Å². The normalized spacial score (nSPS) is 9.76. The molecule has 5 heteroatoms. The number of unbranched alkanes of at least 4 members (excludes halogenated alkanes) is 1. The molecule has 92 valence electrons. The van der Waals surface area contributed by atoms with Gasteiger partial charge in [-0.15, -0.1) is 0 Å². The van der Waals surface area contributed by atoms with Crippen LogP contribution in [0.2, 0.25) is 0 Å². The molecule has 0 saturated carbocycles. The molecule has 0 aliphatic carbocycles. The number of ether oxygens (including phenoxy) is 2. The van der Waals surface area contributed by atoms with E-state index in [1.165, 1.54) is 19.2 Å². The van der Waals surface area contributed by atoms with Crippen molar-refractivity contribution in [2.75, 3.05) is 13.7 Å². The van der Waals surface area contributed by atoms with Crippen molar-refractivity contribution in [2.45, 2.75) is 19.8 Å². The van der Waals surface area contributed by atoms with E-state index in [9.17, 15) is 9.59 Å². The van der Waals surface area contributed by atoms with E-state index in [0.717, 1.165) is 12.8 Å². The first-order chi connectivity index (χ1) is 8.19. The molecule has 1 heterocycles. The molecule has 0 unspecified atom stereocenters. The van der Waals surface area contributed by atoms with E-state index in [2.05, 4.69) is 9.72 Å². The molecule has 1 aromatic heterocycles. The van der Waals surface area contributed by atoms with Crippen LogP contribution in [0, 0.1) is 0 Å². The van der Waals surface area contributed by atoms with Crippen LogP contribution in [0.3, 0.4) is 0 Å². The quantitative estimate of drug-likeness (QED) is 0.577. The zero-order valence-corrected chi connectivity index (χ0v) is 9.93. The highest BCUT2D eigenvalue weighted by molar-refractivity contribution is 5.91. The largest absolute Gasteiger partial charge is 0.464 e. The first-order valence-corrected chi connectivity index (χ1v) is 5.41. The maximum atomic E-state index is 11.5. The lowest BCUT2D eigenvalue weighted by molar-refractivity contribution is 0.0492. The van der Waals surface area contributed by atoms with Gasteiger partial charge in [-0.05, 0) is 18.6 Å². The molecule has 0 aliphatic heterocycles. The lowest BCUT2D eigenvalue weighted by Crippen LogP contribution is -2.12. The van der Waals surface area contributed by atoms with Crippen molar-refractivity contribution in [3.8, 4) is 0 Å². The third-order valence-electron chi connectivity index (χ3n) is 2.08. The van der Waals surface area contributed by atoms with Gasteiger partial charge in [-0.1, -0.05) is 19.4 Å². The highest BCUT2D eigenvalue weighted by Crippen LogP contribution is 2.03. The molecule has 1 aromatic rings. The fraction of sp³-hybridized carbons (Fsp3) is 0.417. The standard InChI is InChI=1S/C12H15NO4/c1-3-4-8-17-12(15)10-7-5-6-9(13-10)11(14)16-2/h5-7H,3-4,8H2,1-2H3. The number of carbonyl (C=O) groups is 2. The van der Waals surface area contributed by atoms with E-state index >= 15 is 0 Å². The van der Waals surface area contributed by atoms with Gasteiger partial charge in [-0.2, -0.15) is 0 Å². The van der Waals surface area contributed by atoms with Crippen molar-refractivity contribution in [2.24, 2.45) is 0 Å². The number of rotatable bonds is 5. The third kappa shape index (κ3) is 3.86. The Morgan fingerprint density at radius 2 is 1.88 bits per heavy atom. The molecule has 0 fully saturated rings. The minimum atomic E-state index is -0.576. The van der Waals surface area contributed by atoms with Gasteiger partial charge < -0.3 is 9.47 Å². The molecule has 0 aromatic carbocycles. The second kappa shape index (κ2) is 6.62. The summed E-state index contributed by atoms with van der Waals surface area (Å²) in [6, 6.07) is 4.55. The van der Waals surface area contributed by atoms with Crippen molar-refractivity contribution in [3.05, 3.63) is 29.6 Å². The molecule has 0 amide bonds. The van der Waals surface area contributed by atoms with Gasteiger partial charge in [0.25, 0.3) is 0 Å². The second-order valence-electron chi connectivity index (χ2n) is 3.39. The Hall–Kier alpha value is -1.91. The van der Waals surface area contributed by atoms with Crippen LogP contribution < -0.4 is 0 Å². The molecular weight excluding hydrogens is 222 g/mol. The predicted molar refractivity (Wildman–Crippen MR) is 60.8 cm³/mol. The first kappa shape index (κ1) is 13.2. The van der Waals surface area contributed by atoms with E-state index in [0.29, 0.717) is 6.61 Å². The van der Waals surface area contributed by atoms with E-state index in [1.54, 1.807) is 6.07 Å². The average Bonchev–Trinajstić information content (AvgIpc) is 2.38. The molecule has 0 saturated heterocycles. The van der Waals surface area contributed by atoms with E-state index in [-0.39, 0.29) is 11.4 Å². The fourth-order valence-electron chi connectivity index (χ4n) is 1.15. The Kier molecular flexibility index (Phi) is 5.13. The number of carbonyl (C=O) groups excluding carboxylic acids is 2. The summed E-state index contributed by atoms with van der Waals surface area (Å²) in [4.78, 5) is 26.6. The van der Waals surface area contributed by atoms with Crippen molar-refractivity contribution >= 4 is 11.9 Å². The minimum absolute atomic E-state index is 0.0949. The highest BCUT2D eigenvalue weighted by Gasteiger charge is 2.13. The van der Waals surface area contributed by atoms with Gasteiger partial charge >= 0.3 is 11.9 Å². The van der Waals surface area contributed by atoms with E-state index in [4.69, 9.17) is 4.74 Å². The van der Waals surface area contributed by atoms with Crippen LogP contribution in [0.15, 0.2) is 18.2 Å². The molecular formula is C12H15NO4. The molecule has 1 rings (SSSR count). The summed E-state index contributed by atoms with van der Waals surface area (Å²) in [5.74, 6) is -1.10. The number of methoxy groups -OCH3 is 1. The van der Waals surface area contributed by atoms with Gasteiger partial charge in [0.1, 0.15) is 11.4 Å². The van der Waals surface area contributed by atoms with Crippen LogP contribution >= 0.6 is 0 Å². The van der Waals surface area contributed by atoms with Crippen LogP contribution in [0.5, 0.6) is 0 Å². The number of nitrogens with zero attached hydrogens (tertiary/aromatic N) is 1. The predicted octanol–water partition coefficient (Wildman–Crippen LogP) is 1.83. The monoisotopic (exact) mass is 237 g/mol. The van der Waals surface area contributed by atoms with Gasteiger partial charge in [-0.25, -0.2) is 14.6 Å². The van der Waals surface area contributed by atoms with Crippen LogP contribution in [0.4, 0.5) is 0 Å². The molecule has 0 aliphatic rings. The van der Waals surface area contributed by atoms with Crippen molar-refractivity contribution in [3.63, 3.8) is 0 Å². The molecule has 5 nitrogen and oxygen atoms in total. The summed E-state index contributed by atoms with van der Waals surface area (Å²) in [6.07, 6.45) is 1.76. The van der Waals surface area contributed by atoms with Gasteiger partial charge in [0, 0.05) is 0 Å². The molecule has 0 atom stereocenters. The number of hydrogen-bond acceptors (Lipinski definition) is 5. The zero-order chi connectivity index (χ0) is 12.7. The van der Waals surface area contributed by atoms with Crippen LogP contribution in [-0.4, -0.2) is 30.6 Å². The smallest absolute Gasteiger partial charge is 0.356 e. The van der Waals surface area contributed by atoms with Crippen LogP contribution in [0.1, 0.15) is 40.7 Å². The Morgan fingerprint density at radius 1 is 1.24 bits per heavy atom. The minimum Gasteiger partial charge on any atom is -0.464 e. The summed E-state index contributed by atoms with van der Waals surface area (Å²) < 4.78 is 9.50. The number of pyridine rings is 1. The van der Waals surface area contributed by atoms with Crippen LogP contribution in [-0.2, 0) is 9.47 Å². The van der Waals surface area contributed by atoms with Crippen LogP contribution in [0.25, 0.3) is 0 Å². The fourth-order valence-corrected chi connectivity index (χ4v) is 1.15. The molecule has 0 radical (unpaired) electrons. The van der Waals surface area contributed by atoms with Crippen molar-refractivity contribution in [1.29, 1.82) is 0 Å². The van der Waals surface area contributed by atoms with Gasteiger partial charge in [0.05, 0.1) is 13.7 Å². The Labute approximate surface area is 99.8 Å². The van der Waals surface area contributed by atoms with Gasteiger partial charge in [0.15, 0.2) is 0 Å². The summed E-state index contributed by atoms with van der Waals surface area (Å²) in [5, 5.41) is 0. The molecule has 17 heavy (non-hydrogen) atoms. The maximum absolute atomic E-state index is 11.5. The molecule has 0 bridgehead atoms. The summed E-state index contributed by atoms with van der Waals surface area (Å²) in [5.41, 5.74) is 0.210. The summed E-state index contributed by atoms with van der Waals surface area (Å²) in [6.45, 7) is 2.36. The zero-order valence-electron chi connectivity index (χ0n) is 9.93. The second-order valence-corrected chi connectivity index (χ2v) is 3.39. The van der Waals surface area contributed by atoms with Gasteiger partial charge in [0.2, 0.25) is 0 Å². The Balaban J connectivity index is 2.70. The summed E-state index contributed by atoms with van der Waals surface area (Å²) in [7, 11) is 1.26. The lowest BCUT2D eigenvalue weighted by atomic mass is 10.3. The highest BCUT2D eigenvalue weighted by atomic mass is 16.5.